The van der Waals surface area contributed by atoms with Crippen molar-refractivity contribution in [1.82, 2.24) is 5.32 Å². The molecule has 0 saturated heterocycles. The van der Waals surface area contributed by atoms with E-state index in [1.54, 1.807) is 0 Å². The number of carbonyl (C=O) groups is 1. The van der Waals surface area contributed by atoms with Crippen LogP contribution in [0.4, 0.5) is 10.5 Å². The molecule has 2 N–H and O–H groups in total. The highest BCUT2D eigenvalue weighted by molar-refractivity contribution is 9.10. The summed E-state index contributed by atoms with van der Waals surface area (Å²) in [5.41, 5.74) is 0.743. The molecule has 2 amide bonds. The molecule has 1 aromatic carbocycles. The van der Waals surface area contributed by atoms with Crippen molar-refractivity contribution in [2.24, 2.45) is 0 Å². The standard InChI is InChI=1S/C10H13BrN2O2/c1-2-15-7-12-10(14)13-9-5-3-8(11)4-6-9/h3-6H,2,7H2,1H3,(H2,12,13,14). The Kier molecular flexibility index (Phi) is 5.14. The van der Waals surface area contributed by atoms with Gasteiger partial charge >= 0.3 is 6.03 Å². The topological polar surface area (TPSA) is 50.4 Å². The van der Waals surface area contributed by atoms with Crippen molar-refractivity contribution in [1.29, 1.82) is 0 Å². The number of halogens is 1. The van der Waals surface area contributed by atoms with Crippen molar-refractivity contribution >= 4 is 27.6 Å². The van der Waals surface area contributed by atoms with Crippen molar-refractivity contribution in [2.75, 3.05) is 18.7 Å². The van der Waals surface area contributed by atoms with Crippen molar-refractivity contribution in [2.45, 2.75) is 6.92 Å². The quantitative estimate of drug-likeness (QED) is 0.654. The number of amides is 2. The number of ether oxygens (including phenoxy) is 1. The molecular formula is C10H13BrN2O2. The summed E-state index contributed by atoms with van der Waals surface area (Å²) >= 11 is 3.31. The summed E-state index contributed by atoms with van der Waals surface area (Å²) in [6.07, 6.45) is 0. The van der Waals surface area contributed by atoms with Crippen LogP contribution in [0.5, 0.6) is 0 Å². The molecule has 1 aromatic rings. The highest BCUT2D eigenvalue weighted by atomic mass is 79.9. The van der Waals surface area contributed by atoms with Gasteiger partial charge in [0.2, 0.25) is 0 Å². The van der Waals surface area contributed by atoms with Gasteiger partial charge in [-0.2, -0.15) is 0 Å². The fraction of sp³-hybridized carbons (Fsp3) is 0.300. The smallest absolute Gasteiger partial charge is 0.321 e. The first-order valence-electron chi connectivity index (χ1n) is 4.60. The zero-order valence-corrected chi connectivity index (χ0v) is 10.0. The lowest BCUT2D eigenvalue weighted by atomic mass is 10.3. The molecule has 0 heterocycles. The van der Waals surface area contributed by atoms with Gasteiger partial charge in [0.05, 0.1) is 0 Å². The Morgan fingerprint density at radius 2 is 2.07 bits per heavy atom. The molecule has 4 nitrogen and oxygen atoms in total. The number of rotatable bonds is 4. The zero-order chi connectivity index (χ0) is 11.1. The molecule has 0 aliphatic heterocycles. The van der Waals surface area contributed by atoms with Gasteiger partial charge in [-0.15, -0.1) is 0 Å². The molecule has 0 atom stereocenters. The minimum atomic E-state index is -0.272. The molecule has 5 heteroatoms. The molecule has 15 heavy (non-hydrogen) atoms. The Morgan fingerprint density at radius 1 is 1.40 bits per heavy atom. The Labute approximate surface area is 97.1 Å². The molecule has 82 valence electrons. The second kappa shape index (κ2) is 6.42. The van der Waals surface area contributed by atoms with Crippen LogP contribution in [0.1, 0.15) is 6.92 Å². The maximum absolute atomic E-state index is 11.3. The molecule has 1 rings (SSSR count). The van der Waals surface area contributed by atoms with Crippen LogP contribution in [0.2, 0.25) is 0 Å². The summed E-state index contributed by atoms with van der Waals surface area (Å²) in [7, 11) is 0. The third kappa shape index (κ3) is 4.80. The van der Waals surface area contributed by atoms with Gasteiger partial charge < -0.3 is 15.4 Å². The van der Waals surface area contributed by atoms with E-state index >= 15 is 0 Å². The Balaban J connectivity index is 2.34. The van der Waals surface area contributed by atoms with Gasteiger partial charge in [0.15, 0.2) is 0 Å². The Hall–Kier alpha value is -1.07. The Morgan fingerprint density at radius 3 is 2.67 bits per heavy atom. The lowest BCUT2D eigenvalue weighted by molar-refractivity contribution is 0.134. The number of carbonyl (C=O) groups excluding carboxylic acids is 1. The lowest BCUT2D eigenvalue weighted by Crippen LogP contribution is -2.30. The van der Waals surface area contributed by atoms with Gasteiger partial charge in [-0.1, -0.05) is 15.9 Å². The van der Waals surface area contributed by atoms with Gasteiger partial charge in [-0.05, 0) is 31.2 Å². The first-order chi connectivity index (χ1) is 7.22. The fourth-order valence-corrected chi connectivity index (χ4v) is 1.19. The van der Waals surface area contributed by atoms with E-state index in [-0.39, 0.29) is 12.8 Å². The van der Waals surface area contributed by atoms with Crippen molar-refractivity contribution < 1.29 is 9.53 Å². The van der Waals surface area contributed by atoms with E-state index in [1.807, 2.05) is 31.2 Å². The van der Waals surface area contributed by atoms with E-state index < -0.39 is 0 Å². The summed E-state index contributed by atoms with van der Waals surface area (Å²) < 4.78 is 5.96. The molecule has 0 saturated carbocycles. The molecule has 0 aliphatic carbocycles. The van der Waals surface area contributed by atoms with Gasteiger partial charge in [-0.3, -0.25) is 0 Å². The van der Waals surface area contributed by atoms with E-state index in [0.29, 0.717) is 6.61 Å². The van der Waals surface area contributed by atoms with Crippen LogP contribution in [-0.2, 0) is 4.74 Å². The number of hydrogen-bond donors (Lipinski definition) is 2. The van der Waals surface area contributed by atoms with Crippen LogP contribution in [0.15, 0.2) is 28.7 Å². The number of anilines is 1. The monoisotopic (exact) mass is 272 g/mol. The summed E-state index contributed by atoms with van der Waals surface area (Å²) in [6, 6.07) is 7.07. The molecule has 0 radical (unpaired) electrons. The van der Waals surface area contributed by atoms with Gasteiger partial charge in [-0.25, -0.2) is 4.79 Å². The minimum absolute atomic E-state index is 0.221. The first-order valence-corrected chi connectivity index (χ1v) is 5.40. The second-order valence-corrected chi connectivity index (χ2v) is 3.69. The van der Waals surface area contributed by atoms with Gasteiger partial charge in [0.1, 0.15) is 6.73 Å². The van der Waals surface area contributed by atoms with E-state index in [0.717, 1.165) is 10.2 Å². The van der Waals surface area contributed by atoms with E-state index in [2.05, 4.69) is 26.6 Å². The molecule has 0 fully saturated rings. The molecule has 0 bridgehead atoms. The van der Waals surface area contributed by atoms with E-state index in [9.17, 15) is 4.79 Å². The normalized spacial score (nSPS) is 9.73. The average molecular weight is 273 g/mol. The lowest BCUT2D eigenvalue weighted by Gasteiger charge is -2.07. The van der Waals surface area contributed by atoms with E-state index in [1.165, 1.54) is 0 Å². The van der Waals surface area contributed by atoms with Crippen molar-refractivity contribution in [3.05, 3.63) is 28.7 Å². The van der Waals surface area contributed by atoms with Crippen LogP contribution < -0.4 is 10.6 Å². The van der Waals surface area contributed by atoms with Crippen LogP contribution >= 0.6 is 15.9 Å². The summed E-state index contributed by atoms with van der Waals surface area (Å²) in [4.78, 5) is 11.3. The summed E-state index contributed by atoms with van der Waals surface area (Å²) in [5.74, 6) is 0. The molecule has 0 aliphatic rings. The predicted octanol–water partition coefficient (Wildman–Crippen LogP) is 2.56. The summed E-state index contributed by atoms with van der Waals surface area (Å²) in [5, 5.41) is 5.24. The number of hydrogen-bond acceptors (Lipinski definition) is 2. The van der Waals surface area contributed by atoms with Crippen molar-refractivity contribution in [3.8, 4) is 0 Å². The van der Waals surface area contributed by atoms with Gasteiger partial charge in [0.25, 0.3) is 0 Å². The molecule has 0 unspecified atom stereocenters. The molecule has 0 aromatic heterocycles. The number of benzene rings is 1. The first kappa shape index (κ1) is 12.0. The minimum Gasteiger partial charge on any atom is -0.361 e. The average Bonchev–Trinajstić information content (AvgIpc) is 2.22. The largest absolute Gasteiger partial charge is 0.361 e. The number of nitrogens with one attached hydrogen (secondary N) is 2. The SMILES string of the molecule is CCOCNC(=O)Nc1ccc(Br)cc1. The maximum Gasteiger partial charge on any atom is 0.321 e. The highest BCUT2D eigenvalue weighted by Crippen LogP contribution is 2.13. The highest BCUT2D eigenvalue weighted by Gasteiger charge is 1.99. The predicted molar refractivity (Wildman–Crippen MR) is 62.8 cm³/mol. The fourth-order valence-electron chi connectivity index (χ4n) is 0.927. The second-order valence-electron chi connectivity index (χ2n) is 2.77. The summed E-state index contributed by atoms with van der Waals surface area (Å²) in [6.45, 7) is 2.67. The van der Waals surface area contributed by atoms with Crippen LogP contribution in [-0.4, -0.2) is 19.4 Å². The van der Waals surface area contributed by atoms with Crippen molar-refractivity contribution in [3.63, 3.8) is 0 Å². The number of urea groups is 1. The molecule has 0 spiro atoms. The third-order valence-corrected chi connectivity index (χ3v) is 2.17. The van der Waals surface area contributed by atoms with Crippen LogP contribution in [0.25, 0.3) is 0 Å². The third-order valence-electron chi connectivity index (χ3n) is 1.64. The zero-order valence-electron chi connectivity index (χ0n) is 8.42. The molecular weight excluding hydrogens is 260 g/mol. The van der Waals surface area contributed by atoms with Crippen LogP contribution in [0, 0.1) is 0 Å². The van der Waals surface area contributed by atoms with Gasteiger partial charge in [0, 0.05) is 16.8 Å². The van der Waals surface area contributed by atoms with E-state index in [4.69, 9.17) is 4.74 Å². The maximum atomic E-state index is 11.3. The Bertz CT molecular complexity index is 314. The van der Waals surface area contributed by atoms with Crippen LogP contribution in [0.3, 0.4) is 0 Å².